The third-order valence-corrected chi connectivity index (χ3v) is 17.2. The highest BCUT2D eigenvalue weighted by molar-refractivity contribution is 9.10. The van der Waals surface area contributed by atoms with Crippen molar-refractivity contribution in [2.45, 2.75) is 38.5 Å². The molecule has 408 valence electrons. The van der Waals surface area contributed by atoms with E-state index >= 15 is 0 Å². The highest BCUT2D eigenvalue weighted by Gasteiger charge is 2.40. The molecule has 0 saturated heterocycles. The number of pyridine rings is 2. The molecule has 14 rings (SSSR count). The number of anilines is 12. The normalized spacial score (nSPS) is 13.3. The van der Waals surface area contributed by atoms with E-state index in [9.17, 15) is 0 Å². The van der Waals surface area contributed by atoms with Crippen LogP contribution in [0.4, 0.5) is 68.2 Å². The Labute approximate surface area is 509 Å². The van der Waals surface area contributed by atoms with E-state index in [-0.39, 0.29) is 10.8 Å². The molecule has 0 saturated carbocycles. The molecular weight excluding hydrogens is 1160 g/mol. The predicted octanol–water partition coefficient (Wildman–Crippen LogP) is 22.2. The van der Waals surface area contributed by atoms with Crippen LogP contribution in [-0.2, 0) is 10.8 Å². The molecule has 0 fully saturated rings. The second kappa shape index (κ2) is 22.8. The number of nitrogens with zero attached hydrogens (tertiary/aromatic N) is 6. The van der Waals surface area contributed by atoms with Crippen LogP contribution in [-0.4, -0.2) is 9.97 Å². The van der Waals surface area contributed by atoms with Crippen LogP contribution in [0.3, 0.4) is 0 Å². The number of rotatable bonds is 10. The largest absolute Gasteiger partial charge is 0.310 e. The van der Waals surface area contributed by atoms with Gasteiger partial charge in [-0.25, -0.2) is 0 Å². The summed E-state index contributed by atoms with van der Waals surface area (Å²) in [5.74, 6) is 0. The van der Waals surface area contributed by atoms with Crippen molar-refractivity contribution >= 4 is 100 Å². The van der Waals surface area contributed by atoms with Crippen LogP contribution in [0.25, 0.3) is 22.5 Å². The maximum absolute atomic E-state index is 5.00. The van der Waals surface area contributed by atoms with E-state index in [1.165, 1.54) is 33.6 Å². The molecule has 0 spiro atoms. The van der Waals surface area contributed by atoms with Crippen LogP contribution in [0.5, 0.6) is 0 Å². The van der Waals surface area contributed by atoms with E-state index in [0.717, 1.165) is 88.3 Å². The van der Waals surface area contributed by atoms with E-state index in [4.69, 9.17) is 9.97 Å². The third kappa shape index (κ3) is 10.3. The molecule has 0 aliphatic carbocycles. The Kier molecular flexibility index (Phi) is 14.6. The van der Waals surface area contributed by atoms with Crippen molar-refractivity contribution in [3.05, 3.63) is 323 Å². The van der Waals surface area contributed by atoms with Crippen molar-refractivity contribution in [1.82, 2.24) is 9.97 Å². The summed E-state index contributed by atoms with van der Waals surface area (Å²) < 4.78 is 2.18. The summed E-state index contributed by atoms with van der Waals surface area (Å²) in [5, 5.41) is 0. The first-order valence-electron chi connectivity index (χ1n) is 28.3. The Morgan fingerprint density at radius 2 is 0.583 bits per heavy atom. The second-order valence-electron chi connectivity index (χ2n) is 22.2. The maximum Gasteiger partial charge on any atom is 0.0703 e. The summed E-state index contributed by atoms with van der Waals surface area (Å²) in [7, 11) is 0. The van der Waals surface area contributed by atoms with Gasteiger partial charge in [-0.05, 0) is 168 Å². The summed E-state index contributed by atoms with van der Waals surface area (Å²) in [6.45, 7) is 9.30. The average Bonchev–Trinajstić information content (AvgIpc) is 3.69. The monoisotopic (exact) mass is 1210 g/mol. The van der Waals surface area contributed by atoms with Gasteiger partial charge in [0, 0.05) is 65.0 Å². The lowest BCUT2D eigenvalue weighted by Crippen LogP contribution is -2.31. The minimum Gasteiger partial charge on any atom is -0.310 e. The number of hydrogen-bond donors (Lipinski definition) is 0. The van der Waals surface area contributed by atoms with Crippen molar-refractivity contribution in [2.75, 3.05) is 19.6 Å². The van der Waals surface area contributed by atoms with Gasteiger partial charge < -0.3 is 19.6 Å². The smallest absolute Gasteiger partial charge is 0.0703 e. The molecule has 84 heavy (non-hydrogen) atoms. The van der Waals surface area contributed by atoms with E-state index in [1.54, 1.807) is 0 Å². The Bertz CT molecular complexity index is 3990. The number of benzene rings is 10. The predicted molar refractivity (Wildman–Crippen MR) is 358 cm³/mol. The lowest BCUT2D eigenvalue weighted by molar-refractivity contribution is 0.631. The Morgan fingerprint density at radius 1 is 0.298 bits per heavy atom. The highest BCUT2D eigenvalue weighted by atomic mass is 79.9. The van der Waals surface area contributed by atoms with Gasteiger partial charge in [0.05, 0.1) is 57.9 Å². The van der Waals surface area contributed by atoms with Crippen LogP contribution in [0, 0.1) is 0 Å². The van der Waals surface area contributed by atoms with Gasteiger partial charge in [0.2, 0.25) is 0 Å². The Balaban J connectivity index is 0.000000185. The van der Waals surface area contributed by atoms with Crippen LogP contribution < -0.4 is 19.6 Å². The van der Waals surface area contributed by atoms with Crippen molar-refractivity contribution in [2.24, 2.45) is 0 Å². The number of para-hydroxylation sites is 4. The van der Waals surface area contributed by atoms with Crippen molar-refractivity contribution in [3.8, 4) is 22.5 Å². The van der Waals surface area contributed by atoms with E-state index in [2.05, 4.69) is 334 Å². The van der Waals surface area contributed by atoms with Gasteiger partial charge in [0.25, 0.3) is 0 Å². The molecule has 0 atom stereocenters. The molecular formula is C76H60Br2N6. The lowest BCUT2D eigenvalue weighted by atomic mass is 9.73. The minimum atomic E-state index is -0.358. The van der Waals surface area contributed by atoms with Gasteiger partial charge in [-0.2, -0.15) is 0 Å². The standard InChI is InChI=1S/C50H40N4.C26H20Br2N2/c1-50(2)45-34-42(52(38-20-10-4-11-21-38)39-22-12-5-13-23-39)29-32-48(45)54(44-28-31-47(51-36-44)37-18-8-3-9-19-37)49-33-30-43(35-46(49)50)53(40-24-14-6-15-25-40)41-26-16-7-17-27-41;1-26(2)21-14-18(27)8-12-24(21)30(25-13-9-19(28)15-22(25)26)20-10-11-23(29-16-20)17-6-4-3-5-7-17/h3-36H,1-2H3;3-16H,1-2H3. The SMILES string of the molecule is CC1(C)c2cc(Br)ccc2N(c2ccc(-c3ccccc3)nc2)c2ccc(Br)cc21.CC1(C)c2cc(N(c3ccccc3)c3ccccc3)ccc2N(c2ccc(-c3ccccc3)nc2)c2ccc(N(c3ccccc3)c3ccccc3)cc21. The fraction of sp³-hybridized carbons (Fsp3) is 0.0789. The zero-order valence-electron chi connectivity index (χ0n) is 47.2. The van der Waals surface area contributed by atoms with E-state index in [1.807, 2.05) is 36.7 Å². The summed E-state index contributed by atoms with van der Waals surface area (Å²) in [5.41, 5.74) is 22.1. The van der Waals surface area contributed by atoms with Crippen LogP contribution in [0.15, 0.2) is 300 Å². The minimum absolute atomic E-state index is 0.119. The number of aromatic nitrogens is 2. The molecule has 2 aliphatic rings. The van der Waals surface area contributed by atoms with Crippen molar-refractivity contribution in [1.29, 1.82) is 0 Å². The second-order valence-corrected chi connectivity index (χ2v) is 24.0. The first kappa shape index (κ1) is 53.9. The van der Waals surface area contributed by atoms with Gasteiger partial charge in [0.15, 0.2) is 0 Å². The third-order valence-electron chi connectivity index (χ3n) is 16.3. The summed E-state index contributed by atoms with van der Waals surface area (Å²) >= 11 is 7.34. The molecule has 2 aliphatic heterocycles. The fourth-order valence-electron chi connectivity index (χ4n) is 12.0. The van der Waals surface area contributed by atoms with Crippen molar-refractivity contribution < 1.29 is 0 Å². The quantitative estimate of drug-likeness (QED) is 0.136. The molecule has 0 N–H and O–H groups in total. The van der Waals surface area contributed by atoms with Gasteiger partial charge >= 0.3 is 0 Å². The lowest BCUT2D eigenvalue weighted by Gasteiger charge is -2.43. The topological polar surface area (TPSA) is 38.7 Å². The van der Waals surface area contributed by atoms with Crippen LogP contribution in [0.1, 0.15) is 49.9 Å². The number of halogens is 2. The molecule has 10 aromatic carbocycles. The number of hydrogen-bond acceptors (Lipinski definition) is 6. The molecule has 4 heterocycles. The molecule has 0 unspecified atom stereocenters. The van der Waals surface area contributed by atoms with Crippen LogP contribution >= 0.6 is 31.9 Å². The van der Waals surface area contributed by atoms with Gasteiger partial charge in [-0.1, -0.05) is 193 Å². The van der Waals surface area contributed by atoms with Crippen LogP contribution in [0.2, 0.25) is 0 Å². The molecule has 8 heteroatoms. The zero-order chi connectivity index (χ0) is 57.4. The van der Waals surface area contributed by atoms with Gasteiger partial charge in [0.1, 0.15) is 0 Å². The molecule has 0 bridgehead atoms. The van der Waals surface area contributed by atoms with Crippen molar-refractivity contribution in [3.63, 3.8) is 0 Å². The molecule has 0 amide bonds. The van der Waals surface area contributed by atoms with Gasteiger partial charge in [-0.15, -0.1) is 0 Å². The fourth-order valence-corrected chi connectivity index (χ4v) is 12.8. The summed E-state index contributed by atoms with van der Waals surface area (Å²) in [6, 6.07) is 98.6. The molecule has 2 aromatic heterocycles. The highest BCUT2D eigenvalue weighted by Crippen LogP contribution is 2.56. The first-order valence-corrected chi connectivity index (χ1v) is 29.9. The van der Waals surface area contributed by atoms with E-state index < -0.39 is 0 Å². The Hall–Kier alpha value is -9.34. The number of fused-ring (bicyclic) bond motifs is 4. The average molecular weight is 1220 g/mol. The molecule has 12 aromatic rings. The summed E-state index contributed by atoms with van der Waals surface area (Å²) in [6.07, 6.45) is 3.98. The zero-order valence-corrected chi connectivity index (χ0v) is 50.3. The summed E-state index contributed by atoms with van der Waals surface area (Å²) in [4.78, 5) is 19.2. The first-order chi connectivity index (χ1) is 41.0. The maximum atomic E-state index is 5.00. The molecule has 0 radical (unpaired) electrons. The van der Waals surface area contributed by atoms with Gasteiger partial charge in [-0.3, -0.25) is 9.97 Å². The van der Waals surface area contributed by atoms with E-state index in [0.29, 0.717) is 0 Å². The Morgan fingerprint density at radius 3 is 0.881 bits per heavy atom. The molecule has 6 nitrogen and oxygen atoms in total.